The average molecular weight is 472 g/mol. The van der Waals surface area contributed by atoms with Crippen molar-refractivity contribution in [3.63, 3.8) is 0 Å². The van der Waals surface area contributed by atoms with Crippen LogP contribution in [-0.2, 0) is 19.3 Å². The van der Waals surface area contributed by atoms with E-state index in [0.29, 0.717) is 30.8 Å². The molecule has 2 aromatic rings. The molecule has 1 heterocycles. The summed E-state index contributed by atoms with van der Waals surface area (Å²) in [7, 11) is -2.49. The number of ether oxygens (including phenoxy) is 2. The van der Waals surface area contributed by atoms with E-state index >= 15 is 4.39 Å². The molecule has 1 aliphatic carbocycles. The van der Waals surface area contributed by atoms with Gasteiger partial charge in [0, 0.05) is 11.6 Å². The molecule has 0 amide bonds. The zero-order chi connectivity index (χ0) is 22.3. The van der Waals surface area contributed by atoms with Crippen LogP contribution in [0.2, 0.25) is 5.02 Å². The molecule has 5 nitrogen and oxygen atoms in total. The molecule has 2 aromatic carbocycles. The summed E-state index contributed by atoms with van der Waals surface area (Å²) in [6.45, 7) is 0.484. The quantitative estimate of drug-likeness (QED) is 0.639. The summed E-state index contributed by atoms with van der Waals surface area (Å²) in [5, 5.41) is 3.34. The summed E-state index contributed by atoms with van der Waals surface area (Å²) in [5.41, 5.74) is -1.64. The zero-order valence-corrected chi connectivity index (χ0v) is 18.7. The van der Waals surface area contributed by atoms with Gasteiger partial charge in [-0.1, -0.05) is 24.4 Å². The normalized spacial score (nSPS) is 25.4. The Morgan fingerprint density at radius 1 is 1.10 bits per heavy atom. The van der Waals surface area contributed by atoms with E-state index in [0.717, 1.165) is 12.1 Å². The van der Waals surface area contributed by atoms with Crippen LogP contribution in [0.25, 0.3) is 0 Å². The number of likely N-dealkylation sites (N-methyl/N-ethyl adjacent to an activating group) is 1. The maximum absolute atomic E-state index is 15.3. The van der Waals surface area contributed by atoms with Gasteiger partial charge >= 0.3 is 0 Å². The molecule has 2 aliphatic rings. The Morgan fingerprint density at radius 2 is 1.77 bits per heavy atom. The Kier molecular flexibility index (Phi) is 6.02. The fraction of sp³-hybridized carbons (Fsp3) is 0.455. The lowest BCUT2D eigenvalue weighted by atomic mass is 9.69. The Morgan fingerprint density at radius 3 is 2.48 bits per heavy atom. The van der Waals surface area contributed by atoms with Gasteiger partial charge in [0.05, 0.1) is 17.1 Å². The van der Waals surface area contributed by atoms with Crippen LogP contribution in [-0.4, -0.2) is 40.8 Å². The molecule has 0 saturated heterocycles. The summed E-state index contributed by atoms with van der Waals surface area (Å²) in [5.74, 6) is -1.97. The van der Waals surface area contributed by atoms with Gasteiger partial charge in [-0.15, -0.1) is 0 Å². The second-order valence-electron chi connectivity index (χ2n) is 7.96. The molecule has 168 valence electrons. The van der Waals surface area contributed by atoms with Crippen LogP contribution in [0.4, 0.5) is 8.78 Å². The lowest BCUT2D eigenvalue weighted by Crippen LogP contribution is -2.65. The van der Waals surface area contributed by atoms with Crippen molar-refractivity contribution in [2.45, 2.75) is 40.9 Å². The van der Waals surface area contributed by atoms with Gasteiger partial charge in [0.2, 0.25) is 0 Å². The Hall–Kier alpha value is -1.74. The molecule has 0 radical (unpaired) electrons. The second kappa shape index (κ2) is 8.31. The Labute approximate surface area is 185 Å². The third kappa shape index (κ3) is 3.35. The first-order valence-corrected chi connectivity index (χ1v) is 12.1. The molecule has 0 aromatic heterocycles. The van der Waals surface area contributed by atoms with Gasteiger partial charge in [-0.05, 0) is 56.3 Å². The Bertz CT molecular complexity index is 1080. The summed E-state index contributed by atoms with van der Waals surface area (Å²) in [6.07, 6.45) is 1.65. The van der Waals surface area contributed by atoms with Gasteiger partial charge in [-0.2, -0.15) is 0 Å². The third-order valence-corrected chi connectivity index (χ3v) is 9.16. The van der Waals surface area contributed by atoms with E-state index in [1.165, 1.54) is 24.3 Å². The predicted molar refractivity (Wildman–Crippen MR) is 113 cm³/mol. The fourth-order valence-corrected chi connectivity index (χ4v) is 7.51. The van der Waals surface area contributed by atoms with Crippen LogP contribution in [0.3, 0.4) is 0 Å². The first-order chi connectivity index (χ1) is 14.8. The van der Waals surface area contributed by atoms with Crippen LogP contribution in [0.15, 0.2) is 41.3 Å². The molecule has 1 aliphatic heterocycles. The Balaban J connectivity index is 2.02. The van der Waals surface area contributed by atoms with Crippen molar-refractivity contribution in [1.29, 1.82) is 0 Å². The molecule has 1 fully saturated rings. The van der Waals surface area contributed by atoms with Crippen LogP contribution in [0.5, 0.6) is 5.75 Å². The minimum Gasteiger partial charge on any atom is -0.487 e. The number of hydrogen-bond donors (Lipinski definition) is 1. The monoisotopic (exact) mass is 471 g/mol. The molecule has 0 bridgehead atoms. The average Bonchev–Trinajstić information content (AvgIpc) is 2.76. The number of rotatable bonds is 6. The van der Waals surface area contributed by atoms with Crippen LogP contribution in [0, 0.1) is 11.6 Å². The lowest BCUT2D eigenvalue weighted by molar-refractivity contribution is -0.131. The fourth-order valence-electron chi connectivity index (χ4n) is 4.90. The molecule has 1 saturated carbocycles. The van der Waals surface area contributed by atoms with Gasteiger partial charge in [0.15, 0.2) is 21.4 Å². The van der Waals surface area contributed by atoms with Crippen molar-refractivity contribution >= 4 is 21.4 Å². The van der Waals surface area contributed by atoms with Crippen LogP contribution >= 0.6 is 11.6 Å². The maximum Gasteiger partial charge on any atom is 0.191 e. The highest BCUT2D eigenvalue weighted by Gasteiger charge is 2.67. The number of nitrogens with one attached hydrogen (secondary N) is 1. The zero-order valence-electron chi connectivity index (χ0n) is 17.1. The molecular weight excluding hydrogens is 448 g/mol. The molecule has 0 spiro atoms. The van der Waals surface area contributed by atoms with Gasteiger partial charge < -0.3 is 14.8 Å². The van der Waals surface area contributed by atoms with E-state index in [-0.39, 0.29) is 35.8 Å². The SMILES string of the molecule is CNCCO[C@]12CCCC[C@@]1(S(=O)(=O)c1ccc(Cl)cc1)c1c(F)ccc(F)c1OC2. The molecule has 31 heavy (non-hydrogen) atoms. The standard InChI is InChI=1S/C22H24ClF2NO4S/c1-26-12-13-30-21-10-2-3-11-22(21,31(27,28)16-6-4-15(23)5-7-16)19-17(24)8-9-18(25)20(19)29-14-21/h4-9,26H,2-3,10-14H2,1H3/t21-,22+/m0/s1. The molecule has 1 N–H and O–H groups in total. The van der Waals surface area contributed by atoms with Gasteiger partial charge in [0.1, 0.15) is 22.8 Å². The van der Waals surface area contributed by atoms with Gasteiger partial charge in [0.25, 0.3) is 0 Å². The van der Waals surface area contributed by atoms with Gasteiger partial charge in [-0.25, -0.2) is 17.2 Å². The van der Waals surface area contributed by atoms with Crippen molar-refractivity contribution in [2.75, 3.05) is 26.8 Å². The van der Waals surface area contributed by atoms with Crippen molar-refractivity contribution in [1.82, 2.24) is 5.32 Å². The second-order valence-corrected chi connectivity index (χ2v) is 10.6. The predicted octanol–water partition coefficient (Wildman–Crippen LogP) is 4.23. The van der Waals surface area contributed by atoms with Crippen molar-refractivity contribution in [3.05, 3.63) is 58.6 Å². The lowest BCUT2D eigenvalue weighted by Gasteiger charge is -2.54. The number of benzene rings is 2. The van der Waals surface area contributed by atoms with Crippen LogP contribution < -0.4 is 10.1 Å². The number of halogens is 3. The number of sulfone groups is 1. The highest BCUT2D eigenvalue weighted by Crippen LogP contribution is 2.59. The summed E-state index contributed by atoms with van der Waals surface area (Å²) < 4.78 is 68.6. The van der Waals surface area contributed by atoms with Crippen molar-refractivity contribution in [3.8, 4) is 5.75 Å². The largest absolute Gasteiger partial charge is 0.487 e. The maximum atomic E-state index is 15.3. The smallest absolute Gasteiger partial charge is 0.191 e. The van der Waals surface area contributed by atoms with E-state index in [4.69, 9.17) is 21.1 Å². The van der Waals surface area contributed by atoms with E-state index in [1.807, 2.05) is 0 Å². The summed E-state index contributed by atoms with van der Waals surface area (Å²) in [6, 6.07) is 7.64. The first kappa shape index (κ1) is 22.5. The van der Waals surface area contributed by atoms with E-state index in [2.05, 4.69) is 5.32 Å². The first-order valence-electron chi connectivity index (χ1n) is 10.2. The van der Waals surface area contributed by atoms with E-state index < -0.39 is 31.8 Å². The van der Waals surface area contributed by atoms with Crippen LogP contribution in [0.1, 0.15) is 31.2 Å². The highest BCUT2D eigenvalue weighted by molar-refractivity contribution is 7.92. The van der Waals surface area contributed by atoms with Crippen molar-refractivity contribution < 1.29 is 26.7 Å². The molecule has 4 rings (SSSR count). The topological polar surface area (TPSA) is 64.6 Å². The molecular formula is C22H24ClF2NO4S. The molecule has 9 heteroatoms. The third-order valence-electron chi connectivity index (χ3n) is 6.32. The summed E-state index contributed by atoms with van der Waals surface area (Å²) >= 11 is 5.97. The summed E-state index contributed by atoms with van der Waals surface area (Å²) in [4.78, 5) is -0.0168. The molecule has 2 atom stereocenters. The van der Waals surface area contributed by atoms with Gasteiger partial charge in [-0.3, -0.25) is 0 Å². The van der Waals surface area contributed by atoms with E-state index in [1.54, 1.807) is 7.05 Å². The minimum absolute atomic E-state index is 0.0168. The minimum atomic E-state index is -4.24. The number of fused-ring (bicyclic) bond motifs is 3. The molecule has 0 unspecified atom stereocenters. The van der Waals surface area contributed by atoms with E-state index in [9.17, 15) is 12.8 Å². The highest BCUT2D eigenvalue weighted by atomic mass is 35.5. The number of hydrogen-bond acceptors (Lipinski definition) is 5. The van der Waals surface area contributed by atoms with Crippen molar-refractivity contribution in [2.24, 2.45) is 0 Å².